The van der Waals surface area contributed by atoms with Crippen molar-refractivity contribution in [3.8, 4) is 0 Å². The fourth-order valence-corrected chi connectivity index (χ4v) is 2.79. The molecule has 2 rings (SSSR count). The quantitative estimate of drug-likeness (QED) is 0.856. The third-order valence-electron chi connectivity index (χ3n) is 4.16. The summed E-state index contributed by atoms with van der Waals surface area (Å²) in [7, 11) is 0. The van der Waals surface area contributed by atoms with Gasteiger partial charge in [-0.1, -0.05) is 37.3 Å². The predicted octanol–water partition coefficient (Wildman–Crippen LogP) is 3.02. The van der Waals surface area contributed by atoms with E-state index in [9.17, 15) is 4.79 Å². The topological polar surface area (TPSA) is 49.3 Å². The molecule has 1 aliphatic rings. The molecule has 0 radical (unpaired) electrons. The second-order valence-corrected chi connectivity index (χ2v) is 5.61. The average Bonchev–Trinajstić information content (AvgIpc) is 2.46. The first-order valence-electron chi connectivity index (χ1n) is 7.18. The van der Waals surface area contributed by atoms with Crippen LogP contribution in [0.15, 0.2) is 30.3 Å². The SMILES string of the molecule is CC(CNC1CCC(C(=O)O)CC1)c1ccccc1. The van der Waals surface area contributed by atoms with E-state index >= 15 is 0 Å². The Balaban J connectivity index is 1.73. The lowest BCUT2D eigenvalue weighted by atomic mass is 9.86. The van der Waals surface area contributed by atoms with Gasteiger partial charge in [-0.15, -0.1) is 0 Å². The van der Waals surface area contributed by atoms with Crippen LogP contribution in [0, 0.1) is 5.92 Å². The molecular weight excluding hydrogens is 238 g/mol. The Hall–Kier alpha value is -1.35. The van der Waals surface area contributed by atoms with Gasteiger partial charge in [0.1, 0.15) is 0 Å². The number of carboxylic acid groups (broad SMARTS) is 1. The molecule has 3 heteroatoms. The fourth-order valence-electron chi connectivity index (χ4n) is 2.79. The highest BCUT2D eigenvalue weighted by Gasteiger charge is 2.25. The van der Waals surface area contributed by atoms with Crippen LogP contribution in [0.3, 0.4) is 0 Å². The smallest absolute Gasteiger partial charge is 0.306 e. The first-order valence-corrected chi connectivity index (χ1v) is 7.18. The van der Waals surface area contributed by atoms with E-state index in [1.807, 2.05) is 6.07 Å². The molecule has 1 unspecified atom stereocenters. The summed E-state index contributed by atoms with van der Waals surface area (Å²) in [6, 6.07) is 11.0. The first kappa shape index (κ1) is 14.1. The van der Waals surface area contributed by atoms with Gasteiger partial charge in [-0.05, 0) is 37.2 Å². The number of hydrogen-bond donors (Lipinski definition) is 2. The van der Waals surface area contributed by atoms with Gasteiger partial charge in [-0.25, -0.2) is 0 Å². The zero-order valence-electron chi connectivity index (χ0n) is 11.5. The van der Waals surface area contributed by atoms with E-state index in [4.69, 9.17) is 5.11 Å². The van der Waals surface area contributed by atoms with Crippen molar-refractivity contribution in [3.05, 3.63) is 35.9 Å². The van der Waals surface area contributed by atoms with Crippen LogP contribution in [0.2, 0.25) is 0 Å². The molecule has 1 aliphatic carbocycles. The summed E-state index contributed by atoms with van der Waals surface area (Å²) >= 11 is 0. The van der Waals surface area contributed by atoms with E-state index in [0.717, 1.165) is 32.2 Å². The van der Waals surface area contributed by atoms with Crippen LogP contribution in [-0.2, 0) is 4.79 Å². The van der Waals surface area contributed by atoms with Crippen molar-refractivity contribution in [1.82, 2.24) is 5.32 Å². The van der Waals surface area contributed by atoms with Gasteiger partial charge in [0.05, 0.1) is 5.92 Å². The molecule has 0 bridgehead atoms. The fraction of sp³-hybridized carbons (Fsp3) is 0.562. The number of benzene rings is 1. The van der Waals surface area contributed by atoms with E-state index in [0.29, 0.717) is 12.0 Å². The minimum atomic E-state index is -0.629. The summed E-state index contributed by atoms with van der Waals surface area (Å²) in [5, 5.41) is 12.6. The van der Waals surface area contributed by atoms with Gasteiger partial charge in [0.2, 0.25) is 0 Å². The Morgan fingerprint density at radius 1 is 1.26 bits per heavy atom. The number of carboxylic acids is 1. The molecule has 0 amide bonds. The molecule has 19 heavy (non-hydrogen) atoms. The van der Waals surface area contributed by atoms with Crippen LogP contribution in [0.25, 0.3) is 0 Å². The molecule has 1 atom stereocenters. The maximum Gasteiger partial charge on any atom is 0.306 e. The third kappa shape index (κ3) is 4.06. The lowest BCUT2D eigenvalue weighted by Crippen LogP contribution is -2.36. The standard InChI is InChI=1S/C16H23NO2/c1-12(13-5-3-2-4-6-13)11-17-15-9-7-14(8-10-15)16(18)19/h2-6,12,14-15,17H,7-11H2,1H3,(H,18,19). The molecule has 2 N–H and O–H groups in total. The second-order valence-electron chi connectivity index (χ2n) is 5.61. The van der Waals surface area contributed by atoms with Gasteiger partial charge in [-0.3, -0.25) is 4.79 Å². The molecule has 0 heterocycles. The van der Waals surface area contributed by atoms with E-state index in [-0.39, 0.29) is 5.92 Å². The van der Waals surface area contributed by atoms with Gasteiger partial charge >= 0.3 is 5.97 Å². The third-order valence-corrected chi connectivity index (χ3v) is 4.16. The molecule has 0 aliphatic heterocycles. The van der Waals surface area contributed by atoms with Crippen molar-refractivity contribution in [2.45, 2.75) is 44.6 Å². The molecule has 1 fully saturated rings. The van der Waals surface area contributed by atoms with Crippen LogP contribution >= 0.6 is 0 Å². The molecule has 1 aromatic carbocycles. The summed E-state index contributed by atoms with van der Waals surface area (Å²) < 4.78 is 0. The van der Waals surface area contributed by atoms with Gasteiger partial charge in [0.25, 0.3) is 0 Å². The molecule has 0 spiro atoms. The highest BCUT2D eigenvalue weighted by molar-refractivity contribution is 5.70. The minimum absolute atomic E-state index is 0.121. The Morgan fingerprint density at radius 3 is 2.47 bits per heavy atom. The van der Waals surface area contributed by atoms with Crippen molar-refractivity contribution in [3.63, 3.8) is 0 Å². The van der Waals surface area contributed by atoms with E-state index in [2.05, 4.69) is 36.5 Å². The zero-order valence-corrected chi connectivity index (χ0v) is 11.5. The summed E-state index contributed by atoms with van der Waals surface area (Å²) in [6.45, 7) is 3.19. The predicted molar refractivity (Wildman–Crippen MR) is 76.2 cm³/mol. The van der Waals surface area contributed by atoms with E-state index in [1.165, 1.54) is 5.56 Å². The number of hydrogen-bond acceptors (Lipinski definition) is 2. The molecule has 0 saturated heterocycles. The molecule has 104 valence electrons. The maximum absolute atomic E-state index is 10.9. The summed E-state index contributed by atoms with van der Waals surface area (Å²) in [5.74, 6) is -0.251. The van der Waals surface area contributed by atoms with Crippen LogP contribution in [-0.4, -0.2) is 23.7 Å². The monoisotopic (exact) mass is 261 g/mol. The maximum atomic E-state index is 10.9. The molecule has 1 aromatic rings. The van der Waals surface area contributed by atoms with Crippen LogP contribution in [0.1, 0.15) is 44.1 Å². The highest BCUT2D eigenvalue weighted by atomic mass is 16.4. The minimum Gasteiger partial charge on any atom is -0.481 e. The summed E-state index contributed by atoms with van der Waals surface area (Å²) in [4.78, 5) is 10.9. The lowest BCUT2D eigenvalue weighted by molar-refractivity contribution is -0.142. The van der Waals surface area contributed by atoms with Gasteiger partial charge in [-0.2, -0.15) is 0 Å². The Bertz CT molecular complexity index is 396. The van der Waals surface area contributed by atoms with Crippen molar-refractivity contribution in [1.29, 1.82) is 0 Å². The summed E-state index contributed by atoms with van der Waals surface area (Å²) in [6.07, 6.45) is 3.59. The Kier molecular flexibility index (Phi) is 4.97. The lowest BCUT2D eigenvalue weighted by Gasteiger charge is -2.28. The van der Waals surface area contributed by atoms with E-state index < -0.39 is 5.97 Å². The highest BCUT2D eigenvalue weighted by Crippen LogP contribution is 2.25. The number of aliphatic carboxylic acids is 1. The van der Waals surface area contributed by atoms with Crippen molar-refractivity contribution >= 4 is 5.97 Å². The van der Waals surface area contributed by atoms with E-state index in [1.54, 1.807) is 0 Å². The van der Waals surface area contributed by atoms with Crippen LogP contribution in [0.4, 0.5) is 0 Å². The zero-order chi connectivity index (χ0) is 13.7. The Morgan fingerprint density at radius 2 is 1.89 bits per heavy atom. The number of carbonyl (C=O) groups is 1. The molecule has 0 aromatic heterocycles. The molecule has 3 nitrogen and oxygen atoms in total. The van der Waals surface area contributed by atoms with Crippen LogP contribution in [0.5, 0.6) is 0 Å². The second kappa shape index (κ2) is 6.71. The normalized spacial score (nSPS) is 24.9. The summed E-state index contributed by atoms with van der Waals surface area (Å²) in [5.41, 5.74) is 1.36. The largest absolute Gasteiger partial charge is 0.481 e. The number of nitrogens with one attached hydrogen (secondary N) is 1. The van der Waals surface area contributed by atoms with Gasteiger partial charge in [0, 0.05) is 12.6 Å². The van der Waals surface area contributed by atoms with Gasteiger partial charge in [0.15, 0.2) is 0 Å². The van der Waals surface area contributed by atoms with Gasteiger partial charge < -0.3 is 10.4 Å². The molecular formula is C16H23NO2. The van der Waals surface area contributed by atoms with Crippen LogP contribution < -0.4 is 5.32 Å². The first-order chi connectivity index (χ1) is 9.16. The van der Waals surface area contributed by atoms with Crippen molar-refractivity contribution in [2.24, 2.45) is 5.92 Å². The average molecular weight is 261 g/mol. The van der Waals surface area contributed by atoms with Crippen molar-refractivity contribution < 1.29 is 9.90 Å². The number of rotatable bonds is 5. The van der Waals surface area contributed by atoms with Crippen molar-refractivity contribution in [2.75, 3.05) is 6.54 Å². The Labute approximate surface area is 115 Å². The molecule has 1 saturated carbocycles.